The Hall–Kier alpha value is -3.14. The number of aromatic amines is 1. The van der Waals surface area contributed by atoms with Crippen LogP contribution in [0.2, 0.25) is 0 Å². The number of benzene rings is 1. The second kappa shape index (κ2) is 10.4. The van der Waals surface area contributed by atoms with Gasteiger partial charge in [0.1, 0.15) is 11.3 Å². The van der Waals surface area contributed by atoms with E-state index in [-0.39, 0.29) is 23.2 Å². The van der Waals surface area contributed by atoms with Crippen LogP contribution in [0.5, 0.6) is 5.75 Å². The maximum absolute atomic E-state index is 12.7. The first-order valence-electron chi connectivity index (χ1n) is 14.4. The smallest absolute Gasteiger partial charge is 0.274 e. The molecule has 9 heteroatoms. The van der Waals surface area contributed by atoms with E-state index in [1.165, 1.54) is 0 Å². The molecule has 3 aromatic rings. The number of hydrogen-bond donors (Lipinski definition) is 2. The molecule has 4 heterocycles. The number of aliphatic hydroxyl groups is 1. The molecule has 0 spiro atoms. The molecule has 9 nitrogen and oxygen atoms in total. The van der Waals surface area contributed by atoms with Gasteiger partial charge in [0.05, 0.1) is 24.4 Å². The van der Waals surface area contributed by atoms with Gasteiger partial charge < -0.3 is 29.0 Å². The SMILES string of the molecule is Cn1cc(-c2cc(C(C)(C)O)ccc2OCC2(CN3CC(OC4CCN(C=O)CC4)C3)CC2)c2cc[nH]c2c1=O. The van der Waals surface area contributed by atoms with Crippen LogP contribution >= 0.6 is 0 Å². The van der Waals surface area contributed by atoms with E-state index < -0.39 is 5.60 Å². The van der Waals surface area contributed by atoms with Gasteiger partial charge in [-0.15, -0.1) is 0 Å². The molecule has 214 valence electrons. The van der Waals surface area contributed by atoms with E-state index in [2.05, 4.69) is 9.88 Å². The largest absolute Gasteiger partial charge is 0.492 e. The van der Waals surface area contributed by atoms with Crippen LogP contribution in [0.15, 0.2) is 41.5 Å². The van der Waals surface area contributed by atoms with E-state index in [0.717, 1.165) is 92.6 Å². The zero-order valence-electron chi connectivity index (χ0n) is 23.7. The number of piperidine rings is 1. The average Bonchev–Trinajstić information content (AvgIpc) is 3.50. The lowest BCUT2D eigenvalue weighted by molar-refractivity contribution is -0.127. The van der Waals surface area contributed by atoms with Crippen LogP contribution in [0, 0.1) is 5.41 Å². The minimum Gasteiger partial charge on any atom is -0.492 e. The van der Waals surface area contributed by atoms with Crippen molar-refractivity contribution >= 4 is 17.3 Å². The van der Waals surface area contributed by atoms with Gasteiger partial charge in [-0.1, -0.05) is 6.07 Å². The molecule has 0 unspecified atom stereocenters. The Balaban J connectivity index is 1.13. The molecule has 2 saturated heterocycles. The molecule has 0 radical (unpaired) electrons. The zero-order valence-corrected chi connectivity index (χ0v) is 23.7. The number of fused-ring (bicyclic) bond motifs is 1. The average molecular weight is 549 g/mol. The van der Waals surface area contributed by atoms with Crippen LogP contribution < -0.4 is 10.3 Å². The lowest BCUT2D eigenvalue weighted by Crippen LogP contribution is -2.56. The Morgan fingerprint density at radius 2 is 1.88 bits per heavy atom. The summed E-state index contributed by atoms with van der Waals surface area (Å²) in [5.74, 6) is 0.756. The highest BCUT2D eigenvalue weighted by Crippen LogP contribution is 2.48. The van der Waals surface area contributed by atoms with Crippen LogP contribution in [0.1, 0.15) is 45.1 Å². The molecule has 1 aliphatic carbocycles. The normalized spacial score (nSPS) is 20.1. The van der Waals surface area contributed by atoms with Crippen molar-refractivity contribution in [2.24, 2.45) is 12.5 Å². The van der Waals surface area contributed by atoms with Crippen LogP contribution in [0.25, 0.3) is 22.0 Å². The number of amides is 1. The van der Waals surface area contributed by atoms with Crippen molar-refractivity contribution in [2.45, 2.75) is 57.3 Å². The van der Waals surface area contributed by atoms with Gasteiger partial charge in [0.15, 0.2) is 0 Å². The zero-order chi connectivity index (χ0) is 28.1. The Kier molecular flexibility index (Phi) is 7.01. The van der Waals surface area contributed by atoms with E-state index in [1.54, 1.807) is 31.7 Å². The van der Waals surface area contributed by atoms with Gasteiger partial charge in [-0.25, -0.2) is 0 Å². The minimum absolute atomic E-state index is 0.0787. The first kappa shape index (κ1) is 27.1. The molecule has 2 aromatic heterocycles. The minimum atomic E-state index is -1.01. The molecule has 3 fully saturated rings. The maximum atomic E-state index is 12.7. The second-order valence-electron chi connectivity index (χ2n) is 12.6. The molecule has 1 aromatic carbocycles. The summed E-state index contributed by atoms with van der Waals surface area (Å²) in [6.07, 6.45) is 9.23. The number of aryl methyl sites for hydroxylation is 1. The third kappa shape index (κ3) is 5.42. The van der Waals surface area contributed by atoms with Crippen molar-refractivity contribution in [2.75, 3.05) is 39.3 Å². The third-order valence-electron chi connectivity index (χ3n) is 8.85. The number of carbonyl (C=O) groups excluding carboxylic acids is 1. The van der Waals surface area contributed by atoms with E-state index in [9.17, 15) is 14.7 Å². The predicted octanol–water partition coefficient (Wildman–Crippen LogP) is 3.24. The van der Waals surface area contributed by atoms with Crippen LogP contribution in [-0.4, -0.2) is 82.4 Å². The van der Waals surface area contributed by atoms with E-state index in [0.29, 0.717) is 12.1 Å². The number of carbonyl (C=O) groups is 1. The molecule has 1 saturated carbocycles. The molecule has 2 N–H and O–H groups in total. The van der Waals surface area contributed by atoms with E-state index in [1.807, 2.05) is 35.4 Å². The maximum Gasteiger partial charge on any atom is 0.274 e. The topological polar surface area (TPSA) is 100 Å². The molecule has 6 rings (SSSR count). The standard InChI is InChI=1S/C31H40N4O5/c1-30(2,38)21-4-5-27(25(14-21)26-17-33(3)29(37)28-24(26)6-11-32-28)39-19-31(9-10-31)18-35-15-23(16-35)40-22-7-12-34(20-36)13-8-22/h4-6,11,14,17,20,22-23,32,38H,7-10,12-13,15-16,18-19H2,1-3H3. The van der Waals surface area contributed by atoms with Gasteiger partial charge in [0.25, 0.3) is 5.56 Å². The number of H-pyrrole nitrogens is 1. The van der Waals surface area contributed by atoms with Crippen molar-refractivity contribution in [3.8, 4) is 16.9 Å². The second-order valence-corrected chi connectivity index (χ2v) is 12.6. The summed E-state index contributed by atoms with van der Waals surface area (Å²) in [6.45, 7) is 8.64. The Bertz CT molecular complexity index is 1440. The number of nitrogens with zero attached hydrogens (tertiary/aromatic N) is 3. The van der Waals surface area contributed by atoms with Crippen LogP contribution in [0.3, 0.4) is 0 Å². The predicted molar refractivity (Wildman–Crippen MR) is 153 cm³/mol. The number of likely N-dealkylation sites (tertiary alicyclic amines) is 2. The van der Waals surface area contributed by atoms with Crippen molar-refractivity contribution in [3.63, 3.8) is 0 Å². The number of ether oxygens (including phenoxy) is 2. The number of pyridine rings is 1. The summed E-state index contributed by atoms with van der Waals surface area (Å²) in [7, 11) is 1.75. The van der Waals surface area contributed by atoms with Gasteiger partial charge >= 0.3 is 0 Å². The summed E-state index contributed by atoms with van der Waals surface area (Å²) in [6, 6.07) is 7.78. The Morgan fingerprint density at radius 3 is 2.55 bits per heavy atom. The molecular weight excluding hydrogens is 508 g/mol. The summed E-state index contributed by atoms with van der Waals surface area (Å²) in [4.78, 5) is 31.0. The van der Waals surface area contributed by atoms with Gasteiger partial charge in [-0.2, -0.15) is 0 Å². The quantitative estimate of drug-likeness (QED) is 0.378. The van der Waals surface area contributed by atoms with Gasteiger partial charge in [0, 0.05) is 74.1 Å². The third-order valence-corrected chi connectivity index (χ3v) is 8.85. The Morgan fingerprint density at radius 1 is 1.12 bits per heavy atom. The summed E-state index contributed by atoms with van der Waals surface area (Å²) >= 11 is 0. The molecule has 0 bridgehead atoms. The lowest BCUT2D eigenvalue weighted by Gasteiger charge is -2.43. The summed E-state index contributed by atoms with van der Waals surface area (Å²) in [5.41, 5.74) is 2.16. The molecule has 0 atom stereocenters. The molecular formula is C31H40N4O5. The Labute approximate surface area is 234 Å². The summed E-state index contributed by atoms with van der Waals surface area (Å²) in [5, 5.41) is 11.6. The summed E-state index contributed by atoms with van der Waals surface area (Å²) < 4.78 is 14.4. The van der Waals surface area contributed by atoms with E-state index >= 15 is 0 Å². The van der Waals surface area contributed by atoms with Crippen LogP contribution in [0.4, 0.5) is 0 Å². The van der Waals surface area contributed by atoms with Gasteiger partial charge in [-0.3, -0.25) is 14.5 Å². The van der Waals surface area contributed by atoms with E-state index in [4.69, 9.17) is 9.47 Å². The van der Waals surface area contributed by atoms with Gasteiger partial charge in [0.2, 0.25) is 6.41 Å². The fourth-order valence-electron chi connectivity index (χ4n) is 6.09. The van der Waals surface area contributed by atoms with Crippen molar-refractivity contribution in [1.29, 1.82) is 0 Å². The highest BCUT2D eigenvalue weighted by Gasteiger charge is 2.47. The first-order chi connectivity index (χ1) is 19.1. The molecule has 1 amide bonds. The molecule has 40 heavy (non-hydrogen) atoms. The fraction of sp³-hybridized carbons (Fsp3) is 0.548. The van der Waals surface area contributed by atoms with Gasteiger partial charge in [-0.05, 0) is 63.3 Å². The fourth-order valence-corrected chi connectivity index (χ4v) is 6.09. The number of aromatic nitrogens is 2. The number of nitrogens with one attached hydrogen (secondary N) is 1. The lowest BCUT2D eigenvalue weighted by atomic mass is 9.93. The van der Waals surface area contributed by atoms with Crippen LogP contribution in [-0.2, 0) is 22.2 Å². The highest BCUT2D eigenvalue weighted by atomic mass is 16.5. The number of rotatable bonds is 10. The number of hydrogen-bond acceptors (Lipinski definition) is 6. The monoisotopic (exact) mass is 548 g/mol. The van der Waals surface area contributed by atoms with Crippen molar-refractivity contribution in [3.05, 3.63) is 52.6 Å². The van der Waals surface area contributed by atoms with Crippen molar-refractivity contribution in [1.82, 2.24) is 19.4 Å². The molecule has 3 aliphatic rings. The van der Waals surface area contributed by atoms with Crippen molar-refractivity contribution < 1.29 is 19.4 Å². The highest BCUT2D eigenvalue weighted by molar-refractivity contribution is 5.96. The first-order valence-corrected chi connectivity index (χ1v) is 14.4. The molecule has 2 aliphatic heterocycles.